The van der Waals surface area contributed by atoms with Crippen molar-refractivity contribution in [2.75, 3.05) is 7.11 Å². The van der Waals surface area contributed by atoms with Crippen LogP contribution in [-0.2, 0) is 27.2 Å². The summed E-state index contributed by atoms with van der Waals surface area (Å²) in [5.41, 5.74) is 4.85. The second-order valence-corrected chi connectivity index (χ2v) is 12.7. The maximum atomic E-state index is 13.5. The molecule has 0 amide bonds. The molecule has 10 nitrogen and oxygen atoms in total. The van der Waals surface area contributed by atoms with Crippen molar-refractivity contribution in [3.05, 3.63) is 68.8 Å². The number of esters is 1. The summed E-state index contributed by atoms with van der Waals surface area (Å²) in [7, 11) is 1.38. The number of methoxy groups -OCH3 is 1. The number of H-pyrrole nitrogens is 2. The van der Waals surface area contributed by atoms with Crippen LogP contribution in [0.5, 0.6) is 0 Å². The molecule has 0 saturated carbocycles. The predicted octanol–water partition coefficient (Wildman–Crippen LogP) is 5.07. The zero-order valence-corrected chi connectivity index (χ0v) is 26.3. The van der Waals surface area contributed by atoms with Crippen LogP contribution in [-0.4, -0.2) is 54.1 Å². The van der Waals surface area contributed by atoms with E-state index in [1.54, 1.807) is 32.9 Å². The van der Waals surface area contributed by atoms with Gasteiger partial charge in [0.05, 0.1) is 35.8 Å². The third kappa shape index (κ3) is 4.26. The van der Waals surface area contributed by atoms with Crippen LogP contribution in [0.25, 0.3) is 22.1 Å². The van der Waals surface area contributed by atoms with Crippen molar-refractivity contribution in [3.63, 3.8) is 0 Å². The minimum atomic E-state index is -1.74. The van der Waals surface area contributed by atoms with Crippen LogP contribution < -0.4 is 0 Å². The summed E-state index contributed by atoms with van der Waals surface area (Å²) in [5, 5.41) is 34.5. The highest BCUT2D eigenvalue weighted by atomic mass is 16.5. The zero-order valence-electron chi connectivity index (χ0n) is 26.3. The van der Waals surface area contributed by atoms with Crippen molar-refractivity contribution >= 4 is 33.8 Å². The molecule has 0 spiro atoms. The Kier molecular flexibility index (Phi) is 7.10. The number of hydrogen-bond acceptors (Lipinski definition) is 8. The number of aryl methyl sites for hydroxylation is 2. The van der Waals surface area contributed by atoms with E-state index in [2.05, 4.69) is 16.9 Å². The third-order valence-corrected chi connectivity index (χ3v) is 10.2. The number of carbonyl (C=O) groups excluding carboxylic acids is 2. The lowest BCUT2D eigenvalue weighted by Gasteiger charge is -2.34. The van der Waals surface area contributed by atoms with E-state index in [1.807, 2.05) is 19.9 Å². The maximum Gasteiger partial charge on any atom is 0.305 e. The topological polar surface area (TPSA) is 161 Å². The summed E-state index contributed by atoms with van der Waals surface area (Å²) < 4.78 is 4.94. The number of ether oxygens (including phenoxy) is 1. The summed E-state index contributed by atoms with van der Waals surface area (Å²) in [5.74, 6) is -0.528. The molecule has 3 aliphatic rings. The van der Waals surface area contributed by atoms with E-state index in [0.717, 1.165) is 33.6 Å². The Bertz CT molecular complexity index is 1880. The fraction of sp³-hybridized carbons (Fsp3) is 0.471. The number of aliphatic hydroxyl groups excluding tert-OH is 1. The summed E-state index contributed by atoms with van der Waals surface area (Å²) in [6.07, 6.45) is 0.267. The molecule has 3 aromatic heterocycles. The van der Waals surface area contributed by atoms with Gasteiger partial charge in [-0.05, 0) is 69.9 Å². The zero-order chi connectivity index (χ0) is 31.9. The number of nitrogens with zero attached hydrogens (tertiary/aromatic N) is 2. The Morgan fingerprint density at radius 2 is 1.77 bits per heavy atom. The predicted molar refractivity (Wildman–Crippen MR) is 165 cm³/mol. The molecule has 5 atom stereocenters. The number of ketones is 1. The monoisotopic (exact) mass is 600 g/mol. The van der Waals surface area contributed by atoms with Gasteiger partial charge in [-0.3, -0.25) is 19.6 Å². The van der Waals surface area contributed by atoms with Crippen LogP contribution >= 0.6 is 0 Å². The Hall–Kier alpha value is -3.86. The molecule has 5 N–H and O–H groups in total. The molecule has 10 heteroatoms. The van der Waals surface area contributed by atoms with Crippen LogP contribution in [0.2, 0.25) is 0 Å². The van der Waals surface area contributed by atoms with E-state index in [-0.39, 0.29) is 54.2 Å². The first-order chi connectivity index (χ1) is 20.7. The number of aromatic amines is 2. The van der Waals surface area contributed by atoms with E-state index >= 15 is 0 Å². The smallest absolute Gasteiger partial charge is 0.305 e. The quantitative estimate of drug-likeness (QED) is 0.254. The molecule has 8 bridgehead atoms. The number of rotatable bonds is 5. The second kappa shape index (κ2) is 10.4. The van der Waals surface area contributed by atoms with E-state index in [4.69, 9.17) is 14.7 Å². The van der Waals surface area contributed by atoms with Crippen LogP contribution in [0.1, 0.15) is 120 Å². The fourth-order valence-corrected chi connectivity index (χ4v) is 7.39. The van der Waals surface area contributed by atoms with Crippen molar-refractivity contribution in [1.82, 2.24) is 19.9 Å². The van der Waals surface area contributed by atoms with E-state index in [0.29, 0.717) is 34.1 Å². The van der Waals surface area contributed by atoms with E-state index in [9.17, 15) is 24.9 Å². The number of aromatic nitrogens is 4. The Morgan fingerprint density at radius 3 is 2.43 bits per heavy atom. The first kappa shape index (κ1) is 30.2. The number of aliphatic hydroxyl groups is 3. The molecule has 44 heavy (non-hydrogen) atoms. The average molecular weight is 601 g/mol. The van der Waals surface area contributed by atoms with Crippen molar-refractivity contribution in [1.29, 1.82) is 0 Å². The van der Waals surface area contributed by atoms with Crippen LogP contribution in [0.3, 0.4) is 0 Å². The summed E-state index contributed by atoms with van der Waals surface area (Å²) in [4.78, 5) is 42.4. The van der Waals surface area contributed by atoms with Gasteiger partial charge in [-0.2, -0.15) is 0 Å². The van der Waals surface area contributed by atoms with Crippen LogP contribution in [0.15, 0.2) is 18.2 Å². The molecular formula is C34H40N4O6. The van der Waals surface area contributed by atoms with E-state index < -0.39 is 17.3 Å². The van der Waals surface area contributed by atoms with Crippen molar-refractivity contribution in [3.8, 4) is 0 Å². The first-order valence-corrected chi connectivity index (χ1v) is 15.2. The summed E-state index contributed by atoms with van der Waals surface area (Å²) in [6.45, 7) is 10.9. The molecule has 232 valence electrons. The van der Waals surface area contributed by atoms with Gasteiger partial charge in [-0.15, -0.1) is 0 Å². The molecule has 0 aromatic carbocycles. The number of nitrogens with one attached hydrogen (secondary N) is 2. The van der Waals surface area contributed by atoms with Crippen LogP contribution in [0, 0.1) is 13.8 Å². The average Bonchev–Trinajstić information content (AvgIpc) is 3.70. The van der Waals surface area contributed by atoms with Gasteiger partial charge in [-0.25, -0.2) is 0 Å². The summed E-state index contributed by atoms with van der Waals surface area (Å²) >= 11 is 0. The minimum absolute atomic E-state index is 0.0258. The van der Waals surface area contributed by atoms with Gasteiger partial charge in [0.15, 0.2) is 5.78 Å². The first-order valence-electron chi connectivity index (χ1n) is 15.2. The van der Waals surface area contributed by atoms with Crippen LogP contribution in [0.4, 0.5) is 0 Å². The van der Waals surface area contributed by atoms with Crippen molar-refractivity contribution in [2.24, 2.45) is 0 Å². The molecule has 1 aliphatic carbocycles. The highest BCUT2D eigenvalue weighted by Crippen LogP contribution is 2.47. The van der Waals surface area contributed by atoms with Gasteiger partial charge in [0.2, 0.25) is 0 Å². The molecule has 0 fully saturated rings. The van der Waals surface area contributed by atoms with E-state index in [1.165, 1.54) is 7.11 Å². The SMILES string of the molecule is CCC1(O)c2cc3[nH]c4c(c5nc(cc6[nH]c(cc(n2)C1(C)O)c(C(C)O)c6C)[C@@H](C)[C@@H]5CCC(=O)OC)CC(=O)c4c3C. The number of carbonyl (C=O) groups is 2. The van der Waals surface area contributed by atoms with Gasteiger partial charge in [0.25, 0.3) is 0 Å². The van der Waals surface area contributed by atoms with Crippen molar-refractivity contribution < 1.29 is 29.6 Å². The summed E-state index contributed by atoms with van der Waals surface area (Å²) in [6, 6.07) is 5.36. The lowest BCUT2D eigenvalue weighted by Crippen LogP contribution is -2.43. The Balaban J connectivity index is 1.77. The fourth-order valence-electron chi connectivity index (χ4n) is 7.39. The normalized spacial score (nSPS) is 25.0. The lowest BCUT2D eigenvalue weighted by molar-refractivity contribution is -0.148. The Labute approximate surface area is 255 Å². The van der Waals surface area contributed by atoms with Gasteiger partial charge in [0.1, 0.15) is 11.2 Å². The minimum Gasteiger partial charge on any atom is -0.469 e. The highest BCUT2D eigenvalue weighted by Gasteiger charge is 2.53. The number of hydrogen-bond donors (Lipinski definition) is 5. The largest absolute Gasteiger partial charge is 0.469 e. The molecule has 3 aromatic rings. The third-order valence-electron chi connectivity index (χ3n) is 10.2. The lowest BCUT2D eigenvalue weighted by atomic mass is 9.80. The molecule has 0 saturated heterocycles. The van der Waals surface area contributed by atoms with Gasteiger partial charge < -0.3 is 30.0 Å². The van der Waals surface area contributed by atoms with Crippen molar-refractivity contribution in [2.45, 2.75) is 96.4 Å². The standard InChI is InChI=1S/C34H40N4O6/c1-8-34(43)27-13-23-17(4)30-25(40)11-20(32(30)37-23)31-19(9-10-28(41)44-7)15(2)21(36-31)12-22-16(3)29(18(5)39)24(35-22)14-26(38-27)33(34,6)42/h12-15,18-19,35,37,39,42-43H,8-11H2,1-7H3/t15-,18?,19-,33?,34?/m0/s1. The molecule has 6 rings (SSSR count). The molecule has 2 aliphatic heterocycles. The maximum absolute atomic E-state index is 13.5. The Morgan fingerprint density at radius 1 is 1.09 bits per heavy atom. The number of fused-ring (bicyclic) bond motifs is 8. The molecule has 0 radical (unpaired) electrons. The second-order valence-electron chi connectivity index (χ2n) is 12.7. The highest BCUT2D eigenvalue weighted by molar-refractivity contribution is 6.13. The van der Waals surface area contributed by atoms with Gasteiger partial charge in [0, 0.05) is 63.6 Å². The van der Waals surface area contributed by atoms with Gasteiger partial charge in [-0.1, -0.05) is 13.8 Å². The molecule has 5 heterocycles. The van der Waals surface area contributed by atoms with Gasteiger partial charge >= 0.3 is 5.97 Å². The molecular weight excluding hydrogens is 560 g/mol. The number of Topliss-reactive ketones (excluding diaryl/α,β-unsaturated/α-hetero) is 1. The molecule has 3 unspecified atom stereocenters.